The highest BCUT2D eigenvalue weighted by atomic mass is 35.5. The standard InChI is InChI=1S/C18H23ClF3N5OS/c1-4-27-14(25-26-17(27)29)7-8-23-16(28)15(10(2)3)24-13-6-5-11(9-12(13)19)18(20,21)22/h5-6,9-10,15,24H,4,7-8H2,1-3H3,(H,23,28)(H,26,29)/t15-/m0/s1. The molecule has 0 aliphatic carbocycles. The fourth-order valence-corrected chi connectivity index (χ4v) is 3.30. The molecule has 11 heteroatoms. The van der Waals surface area contributed by atoms with Gasteiger partial charge in [0.25, 0.3) is 0 Å². The first-order chi connectivity index (χ1) is 13.5. The van der Waals surface area contributed by atoms with E-state index in [1.165, 1.54) is 6.07 Å². The molecule has 0 unspecified atom stereocenters. The second kappa shape index (κ2) is 9.62. The molecule has 2 aromatic rings. The fraction of sp³-hybridized carbons (Fsp3) is 0.500. The summed E-state index contributed by atoms with van der Waals surface area (Å²) >= 11 is 11.1. The summed E-state index contributed by atoms with van der Waals surface area (Å²) in [6, 6.07) is 2.33. The molecule has 0 bridgehead atoms. The van der Waals surface area contributed by atoms with Crippen LogP contribution in [0.1, 0.15) is 32.2 Å². The van der Waals surface area contributed by atoms with Gasteiger partial charge < -0.3 is 15.2 Å². The Hall–Kier alpha value is -2.07. The highest BCUT2D eigenvalue weighted by Crippen LogP contribution is 2.34. The molecule has 6 nitrogen and oxygen atoms in total. The van der Waals surface area contributed by atoms with E-state index in [2.05, 4.69) is 20.8 Å². The lowest BCUT2D eigenvalue weighted by Gasteiger charge is -2.23. The molecule has 0 fully saturated rings. The number of benzene rings is 1. The third-order valence-corrected chi connectivity index (χ3v) is 4.98. The van der Waals surface area contributed by atoms with Crippen molar-refractivity contribution in [3.8, 4) is 0 Å². The van der Waals surface area contributed by atoms with Crippen molar-refractivity contribution in [1.29, 1.82) is 0 Å². The second-order valence-corrected chi connectivity index (χ2v) is 7.58. The Kier molecular flexibility index (Phi) is 7.70. The van der Waals surface area contributed by atoms with E-state index in [0.717, 1.165) is 18.0 Å². The fourth-order valence-electron chi connectivity index (χ4n) is 2.79. The van der Waals surface area contributed by atoms with Gasteiger partial charge in [-0.05, 0) is 43.3 Å². The number of carbonyl (C=O) groups excluding carboxylic acids is 1. The number of rotatable bonds is 8. The molecule has 1 aromatic carbocycles. The van der Waals surface area contributed by atoms with Gasteiger partial charge in [0.1, 0.15) is 11.9 Å². The number of halogens is 4. The third kappa shape index (κ3) is 5.96. The molecular weight excluding hydrogens is 427 g/mol. The van der Waals surface area contributed by atoms with Crippen molar-refractivity contribution < 1.29 is 18.0 Å². The van der Waals surface area contributed by atoms with Crippen molar-refractivity contribution in [3.63, 3.8) is 0 Å². The molecule has 0 saturated heterocycles. The van der Waals surface area contributed by atoms with Gasteiger partial charge in [0.2, 0.25) is 5.91 Å². The molecule has 29 heavy (non-hydrogen) atoms. The van der Waals surface area contributed by atoms with Gasteiger partial charge in [-0.2, -0.15) is 18.3 Å². The molecule has 2 rings (SSSR count). The van der Waals surface area contributed by atoms with Crippen LogP contribution in [0.2, 0.25) is 5.02 Å². The molecule has 3 N–H and O–H groups in total. The summed E-state index contributed by atoms with van der Waals surface area (Å²) in [5.74, 6) is 0.323. The first kappa shape index (κ1) is 23.2. The number of aromatic nitrogens is 3. The largest absolute Gasteiger partial charge is 0.416 e. The molecule has 1 heterocycles. The molecule has 0 spiro atoms. The molecule has 1 aromatic heterocycles. The topological polar surface area (TPSA) is 74.7 Å². The highest BCUT2D eigenvalue weighted by Gasteiger charge is 2.31. The Morgan fingerprint density at radius 3 is 2.62 bits per heavy atom. The molecule has 0 radical (unpaired) electrons. The summed E-state index contributed by atoms with van der Waals surface area (Å²) in [5, 5.41) is 12.5. The molecular formula is C18H23ClF3N5OS. The Labute approximate surface area is 176 Å². The lowest BCUT2D eigenvalue weighted by molar-refractivity contribution is -0.137. The number of alkyl halides is 3. The average Bonchev–Trinajstić information content (AvgIpc) is 2.99. The number of anilines is 1. The van der Waals surface area contributed by atoms with E-state index in [4.69, 9.17) is 23.8 Å². The first-order valence-corrected chi connectivity index (χ1v) is 9.88. The number of nitrogens with one attached hydrogen (secondary N) is 3. The summed E-state index contributed by atoms with van der Waals surface area (Å²) in [6.45, 7) is 6.61. The highest BCUT2D eigenvalue weighted by molar-refractivity contribution is 7.71. The van der Waals surface area contributed by atoms with Gasteiger partial charge in [-0.15, -0.1) is 0 Å². The van der Waals surface area contributed by atoms with Crippen molar-refractivity contribution in [3.05, 3.63) is 39.4 Å². The lowest BCUT2D eigenvalue weighted by Crippen LogP contribution is -2.43. The SMILES string of the molecule is CCn1c(CCNC(=O)[C@@H](Nc2ccc(C(F)(F)F)cc2Cl)C(C)C)n[nH]c1=S. The van der Waals surface area contributed by atoms with Crippen LogP contribution in [-0.4, -0.2) is 33.3 Å². The number of H-pyrrole nitrogens is 1. The average molecular weight is 450 g/mol. The number of aromatic amines is 1. The maximum atomic E-state index is 12.8. The predicted octanol–water partition coefficient (Wildman–Crippen LogP) is 4.43. The minimum absolute atomic E-state index is 0.100. The Balaban J connectivity index is 2.03. The van der Waals surface area contributed by atoms with Crippen molar-refractivity contribution in [2.75, 3.05) is 11.9 Å². The number of hydrogen-bond acceptors (Lipinski definition) is 4. The molecule has 160 valence electrons. The van der Waals surface area contributed by atoms with E-state index in [1.807, 2.05) is 25.3 Å². The van der Waals surface area contributed by atoms with Crippen molar-refractivity contribution in [1.82, 2.24) is 20.1 Å². The van der Waals surface area contributed by atoms with Crippen LogP contribution in [0.4, 0.5) is 18.9 Å². The molecule has 1 amide bonds. The Bertz CT molecular complexity index is 910. The zero-order valence-electron chi connectivity index (χ0n) is 16.2. The van der Waals surface area contributed by atoms with Gasteiger partial charge in [0.15, 0.2) is 4.77 Å². The number of nitrogens with zero attached hydrogens (tertiary/aromatic N) is 2. The summed E-state index contributed by atoms with van der Waals surface area (Å²) in [6.07, 6.45) is -4.00. The maximum Gasteiger partial charge on any atom is 0.416 e. The van der Waals surface area contributed by atoms with Gasteiger partial charge in [0, 0.05) is 19.5 Å². The van der Waals surface area contributed by atoms with Crippen LogP contribution in [0.15, 0.2) is 18.2 Å². The van der Waals surface area contributed by atoms with E-state index in [0.29, 0.717) is 24.3 Å². The van der Waals surface area contributed by atoms with Gasteiger partial charge in [-0.3, -0.25) is 9.89 Å². The molecule has 0 saturated carbocycles. The van der Waals surface area contributed by atoms with E-state index in [9.17, 15) is 18.0 Å². The van der Waals surface area contributed by atoms with Gasteiger partial charge in [0.05, 0.1) is 16.3 Å². The monoisotopic (exact) mass is 449 g/mol. The van der Waals surface area contributed by atoms with Crippen LogP contribution in [-0.2, 0) is 23.9 Å². The quantitative estimate of drug-likeness (QED) is 0.521. The van der Waals surface area contributed by atoms with E-state index >= 15 is 0 Å². The van der Waals surface area contributed by atoms with E-state index in [-0.39, 0.29) is 22.5 Å². The van der Waals surface area contributed by atoms with Gasteiger partial charge >= 0.3 is 6.18 Å². The molecule has 1 atom stereocenters. The smallest absolute Gasteiger partial charge is 0.372 e. The third-order valence-electron chi connectivity index (χ3n) is 4.36. The number of hydrogen-bond donors (Lipinski definition) is 3. The van der Waals surface area contributed by atoms with Crippen molar-refractivity contribution >= 4 is 35.4 Å². The zero-order valence-corrected chi connectivity index (χ0v) is 17.8. The van der Waals surface area contributed by atoms with Crippen molar-refractivity contribution in [2.24, 2.45) is 5.92 Å². The first-order valence-electron chi connectivity index (χ1n) is 9.09. The van der Waals surface area contributed by atoms with Crippen LogP contribution in [0.5, 0.6) is 0 Å². The van der Waals surface area contributed by atoms with Crippen LogP contribution >= 0.6 is 23.8 Å². The zero-order chi connectivity index (χ0) is 21.8. The van der Waals surface area contributed by atoms with Crippen LogP contribution < -0.4 is 10.6 Å². The molecule has 0 aliphatic heterocycles. The van der Waals surface area contributed by atoms with Crippen LogP contribution in [0.3, 0.4) is 0 Å². The van der Waals surface area contributed by atoms with Crippen LogP contribution in [0.25, 0.3) is 0 Å². The predicted molar refractivity (Wildman–Crippen MR) is 109 cm³/mol. The van der Waals surface area contributed by atoms with Gasteiger partial charge in [-0.1, -0.05) is 25.4 Å². The summed E-state index contributed by atoms with van der Waals surface area (Å²) in [4.78, 5) is 12.6. The van der Waals surface area contributed by atoms with Crippen LogP contribution in [0, 0.1) is 10.7 Å². The van der Waals surface area contributed by atoms with E-state index < -0.39 is 17.8 Å². The minimum Gasteiger partial charge on any atom is -0.372 e. The second-order valence-electron chi connectivity index (χ2n) is 6.79. The lowest BCUT2D eigenvalue weighted by atomic mass is 10.0. The van der Waals surface area contributed by atoms with Gasteiger partial charge in [-0.25, -0.2) is 0 Å². The summed E-state index contributed by atoms with van der Waals surface area (Å²) in [7, 11) is 0. The Morgan fingerprint density at radius 2 is 2.07 bits per heavy atom. The molecule has 0 aliphatic rings. The van der Waals surface area contributed by atoms with E-state index in [1.54, 1.807) is 0 Å². The minimum atomic E-state index is -4.48. The number of carbonyl (C=O) groups is 1. The maximum absolute atomic E-state index is 12.8. The number of amides is 1. The van der Waals surface area contributed by atoms with Crippen molar-refractivity contribution in [2.45, 2.75) is 46.0 Å². The summed E-state index contributed by atoms with van der Waals surface area (Å²) in [5.41, 5.74) is -0.580. The normalized spacial score (nSPS) is 12.8. The Morgan fingerprint density at radius 1 is 1.38 bits per heavy atom. The summed E-state index contributed by atoms with van der Waals surface area (Å²) < 4.78 is 40.7.